The SMILES string of the molecule is CC1CCN(C(=O)N2CCN(C(C)C)CC2)C1. The second-order valence-electron chi connectivity index (χ2n) is 5.74. The quantitative estimate of drug-likeness (QED) is 0.693. The van der Waals surface area contributed by atoms with Crippen LogP contribution in [-0.2, 0) is 0 Å². The van der Waals surface area contributed by atoms with E-state index in [0.29, 0.717) is 12.0 Å². The molecule has 2 aliphatic heterocycles. The monoisotopic (exact) mass is 239 g/mol. The Kier molecular flexibility index (Phi) is 3.92. The number of nitrogens with zero attached hydrogens (tertiary/aromatic N) is 3. The zero-order valence-corrected chi connectivity index (χ0v) is 11.4. The van der Waals surface area contributed by atoms with Gasteiger partial charge in [-0.3, -0.25) is 4.90 Å². The van der Waals surface area contributed by atoms with E-state index in [1.54, 1.807) is 0 Å². The Bertz CT molecular complexity index is 272. The maximum atomic E-state index is 12.3. The third kappa shape index (κ3) is 2.92. The third-order valence-corrected chi connectivity index (χ3v) is 4.01. The fourth-order valence-corrected chi connectivity index (χ4v) is 2.74. The van der Waals surface area contributed by atoms with Crippen LogP contribution in [0.25, 0.3) is 0 Å². The van der Waals surface area contributed by atoms with Crippen molar-refractivity contribution in [3.8, 4) is 0 Å². The van der Waals surface area contributed by atoms with E-state index in [1.807, 2.05) is 9.80 Å². The van der Waals surface area contributed by atoms with Crippen LogP contribution in [0, 0.1) is 5.92 Å². The summed E-state index contributed by atoms with van der Waals surface area (Å²) in [6, 6.07) is 0.858. The molecule has 98 valence electrons. The Balaban J connectivity index is 1.82. The van der Waals surface area contributed by atoms with Gasteiger partial charge in [0.05, 0.1) is 0 Å². The number of hydrogen-bond acceptors (Lipinski definition) is 2. The fraction of sp³-hybridized carbons (Fsp3) is 0.923. The van der Waals surface area contributed by atoms with Gasteiger partial charge in [-0.2, -0.15) is 0 Å². The van der Waals surface area contributed by atoms with E-state index in [1.165, 1.54) is 0 Å². The smallest absolute Gasteiger partial charge is 0.320 e. The van der Waals surface area contributed by atoms with Crippen LogP contribution in [0.5, 0.6) is 0 Å². The molecule has 2 aliphatic rings. The van der Waals surface area contributed by atoms with Crippen LogP contribution in [0.4, 0.5) is 4.79 Å². The molecule has 0 bridgehead atoms. The van der Waals surface area contributed by atoms with Crippen molar-refractivity contribution in [2.75, 3.05) is 39.3 Å². The molecule has 2 saturated heterocycles. The Morgan fingerprint density at radius 1 is 1.06 bits per heavy atom. The van der Waals surface area contributed by atoms with Crippen LogP contribution < -0.4 is 0 Å². The minimum atomic E-state index is 0.262. The Morgan fingerprint density at radius 3 is 2.18 bits per heavy atom. The fourth-order valence-electron chi connectivity index (χ4n) is 2.74. The largest absolute Gasteiger partial charge is 0.324 e. The maximum absolute atomic E-state index is 12.3. The van der Waals surface area contributed by atoms with Gasteiger partial charge in [-0.15, -0.1) is 0 Å². The summed E-state index contributed by atoms with van der Waals surface area (Å²) in [4.78, 5) is 18.7. The molecule has 0 saturated carbocycles. The van der Waals surface area contributed by atoms with Crippen molar-refractivity contribution in [3.05, 3.63) is 0 Å². The molecule has 2 amide bonds. The Morgan fingerprint density at radius 2 is 1.71 bits per heavy atom. The lowest BCUT2D eigenvalue weighted by atomic mass is 10.2. The summed E-state index contributed by atoms with van der Waals surface area (Å²) in [7, 11) is 0. The molecule has 0 N–H and O–H groups in total. The first-order chi connectivity index (χ1) is 8.08. The summed E-state index contributed by atoms with van der Waals surface area (Å²) in [5.41, 5.74) is 0. The van der Waals surface area contributed by atoms with Crippen LogP contribution in [0.2, 0.25) is 0 Å². The number of rotatable bonds is 1. The maximum Gasteiger partial charge on any atom is 0.320 e. The summed E-state index contributed by atoms with van der Waals surface area (Å²) in [5, 5.41) is 0. The van der Waals surface area contributed by atoms with Crippen LogP contribution in [0.1, 0.15) is 27.2 Å². The molecule has 1 unspecified atom stereocenters. The third-order valence-electron chi connectivity index (χ3n) is 4.01. The standard InChI is InChI=1S/C13H25N3O/c1-11(2)14-6-8-15(9-7-14)13(17)16-5-4-12(3)10-16/h11-12H,4-10H2,1-3H3. The lowest BCUT2D eigenvalue weighted by Gasteiger charge is -2.38. The van der Waals surface area contributed by atoms with Crippen molar-refractivity contribution in [1.29, 1.82) is 0 Å². The van der Waals surface area contributed by atoms with E-state index in [-0.39, 0.29) is 6.03 Å². The topological polar surface area (TPSA) is 26.8 Å². The highest BCUT2D eigenvalue weighted by atomic mass is 16.2. The molecular weight excluding hydrogens is 214 g/mol. The first-order valence-electron chi connectivity index (χ1n) is 6.86. The van der Waals surface area contributed by atoms with Crippen LogP contribution in [-0.4, -0.2) is 66.0 Å². The second-order valence-corrected chi connectivity index (χ2v) is 5.74. The average molecular weight is 239 g/mol. The van der Waals surface area contributed by atoms with Gasteiger partial charge in [0.2, 0.25) is 0 Å². The van der Waals surface area contributed by atoms with Crippen LogP contribution in [0.15, 0.2) is 0 Å². The summed E-state index contributed by atoms with van der Waals surface area (Å²) >= 11 is 0. The normalized spacial score (nSPS) is 26.9. The molecule has 2 fully saturated rings. The van der Waals surface area contributed by atoms with Gasteiger partial charge >= 0.3 is 6.03 Å². The molecule has 0 aliphatic carbocycles. The predicted molar refractivity (Wildman–Crippen MR) is 69.0 cm³/mol. The summed E-state index contributed by atoms with van der Waals surface area (Å²) in [6.45, 7) is 12.4. The van der Waals surface area contributed by atoms with E-state index < -0.39 is 0 Å². The number of likely N-dealkylation sites (tertiary alicyclic amines) is 1. The first-order valence-corrected chi connectivity index (χ1v) is 6.86. The van der Waals surface area contributed by atoms with E-state index in [2.05, 4.69) is 25.7 Å². The lowest BCUT2D eigenvalue weighted by molar-refractivity contribution is 0.103. The molecule has 4 nitrogen and oxygen atoms in total. The highest BCUT2D eigenvalue weighted by Gasteiger charge is 2.29. The van der Waals surface area contributed by atoms with Crippen molar-refractivity contribution >= 4 is 6.03 Å². The predicted octanol–water partition coefficient (Wildman–Crippen LogP) is 1.47. The number of urea groups is 1. The van der Waals surface area contributed by atoms with Crippen LogP contribution >= 0.6 is 0 Å². The molecular formula is C13H25N3O. The van der Waals surface area contributed by atoms with Crippen molar-refractivity contribution in [3.63, 3.8) is 0 Å². The number of carbonyl (C=O) groups is 1. The van der Waals surface area contributed by atoms with Crippen molar-refractivity contribution < 1.29 is 4.79 Å². The van der Waals surface area contributed by atoms with Crippen molar-refractivity contribution in [2.24, 2.45) is 5.92 Å². The number of piperazine rings is 1. The van der Waals surface area contributed by atoms with Crippen molar-refractivity contribution in [1.82, 2.24) is 14.7 Å². The second kappa shape index (κ2) is 5.25. The molecule has 0 aromatic heterocycles. The summed E-state index contributed by atoms with van der Waals surface area (Å²) < 4.78 is 0. The average Bonchev–Trinajstić information content (AvgIpc) is 2.75. The van der Waals surface area contributed by atoms with E-state index >= 15 is 0 Å². The van der Waals surface area contributed by atoms with E-state index in [4.69, 9.17) is 0 Å². The minimum absolute atomic E-state index is 0.262. The lowest BCUT2D eigenvalue weighted by Crippen LogP contribution is -2.53. The first kappa shape index (κ1) is 12.7. The highest BCUT2D eigenvalue weighted by Crippen LogP contribution is 2.17. The van der Waals surface area contributed by atoms with Gasteiger partial charge in [-0.25, -0.2) is 4.79 Å². The zero-order valence-electron chi connectivity index (χ0n) is 11.4. The van der Waals surface area contributed by atoms with Gasteiger partial charge in [0.1, 0.15) is 0 Å². The molecule has 1 atom stereocenters. The molecule has 0 spiro atoms. The molecule has 2 rings (SSSR count). The highest BCUT2D eigenvalue weighted by molar-refractivity contribution is 5.74. The van der Waals surface area contributed by atoms with Gasteiger partial charge in [0.15, 0.2) is 0 Å². The molecule has 0 aromatic carbocycles. The van der Waals surface area contributed by atoms with Gasteiger partial charge in [0.25, 0.3) is 0 Å². The van der Waals surface area contributed by atoms with Gasteiger partial charge < -0.3 is 9.80 Å². The molecule has 0 radical (unpaired) electrons. The van der Waals surface area contributed by atoms with E-state index in [9.17, 15) is 4.79 Å². The number of hydrogen-bond donors (Lipinski definition) is 0. The number of amides is 2. The van der Waals surface area contributed by atoms with Gasteiger partial charge in [-0.1, -0.05) is 6.92 Å². The summed E-state index contributed by atoms with van der Waals surface area (Å²) in [5.74, 6) is 0.677. The van der Waals surface area contributed by atoms with Crippen LogP contribution in [0.3, 0.4) is 0 Å². The minimum Gasteiger partial charge on any atom is -0.324 e. The molecule has 2 heterocycles. The molecule has 17 heavy (non-hydrogen) atoms. The Labute approximate surface area is 105 Å². The summed E-state index contributed by atoms with van der Waals surface area (Å²) in [6.07, 6.45) is 1.16. The molecule has 4 heteroatoms. The van der Waals surface area contributed by atoms with Crippen molar-refractivity contribution in [2.45, 2.75) is 33.2 Å². The Hall–Kier alpha value is -0.770. The van der Waals surface area contributed by atoms with Gasteiger partial charge in [0, 0.05) is 45.3 Å². The van der Waals surface area contributed by atoms with E-state index in [0.717, 1.165) is 45.7 Å². The zero-order chi connectivity index (χ0) is 12.4. The van der Waals surface area contributed by atoms with Gasteiger partial charge in [-0.05, 0) is 26.2 Å². The molecule has 0 aromatic rings. The number of carbonyl (C=O) groups excluding carboxylic acids is 1.